The quantitative estimate of drug-likeness (QED) is 0.610. The van der Waals surface area contributed by atoms with E-state index in [1.165, 1.54) is 12.1 Å². The Labute approximate surface area is 86.3 Å². The Morgan fingerprint density at radius 3 is 2.87 bits per heavy atom. The maximum absolute atomic E-state index is 12.9. The van der Waals surface area contributed by atoms with Crippen LogP contribution in [0.5, 0.6) is 0 Å². The zero-order valence-electron chi connectivity index (χ0n) is 8.07. The topological polar surface area (TPSA) is 55.2 Å². The van der Waals surface area contributed by atoms with Gasteiger partial charge < -0.3 is 5.32 Å². The zero-order valence-corrected chi connectivity index (χ0v) is 8.07. The molecule has 1 aromatic rings. The molecule has 0 aliphatic heterocycles. The van der Waals surface area contributed by atoms with Gasteiger partial charge in [-0.05, 0) is 25.0 Å². The average molecular weight is 210 g/mol. The van der Waals surface area contributed by atoms with Gasteiger partial charge in [-0.2, -0.15) is 0 Å². The maximum atomic E-state index is 12.9. The lowest BCUT2D eigenvalue weighted by molar-refractivity contribution is -0.385. The summed E-state index contributed by atoms with van der Waals surface area (Å²) in [5.74, 6) is -0.437. The molecule has 5 heteroatoms. The fourth-order valence-electron chi connectivity index (χ4n) is 1.42. The summed E-state index contributed by atoms with van der Waals surface area (Å²) in [4.78, 5) is 10.2. The molecule has 0 aromatic heterocycles. The van der Waals surface area contributed by atoms with E-state index in [2.05, 4.69) is 5.32 Å². The number of nitrogens with one attached hydrogen (secondary N) is 1. The van der Waals surface area contributed by atoms with Gasteiger partial charge in [0.15, 0.2) is 0 Å². The van der Waals surface area contributed by atoms with E-state index in [1.54, 1.807) is 0 Å². The van der Waals surface area contributed by atoms with Gasteiger partial charge in [0.05, 0.1) is 4.92 Å². The fourth-order valence-corrected chi connectivity index (χ4v) is 1.42. The molecule has 0 saturated heterocycles. The van der Waals surface area contributed by atoms with E-state index in [9.17, 15) is 14.5 Å². The first-order chi connectivity index (χ1) is 7.16. The number of nitro groups is 1. The maximum Gasteiger partial charge on any atom is 0.274 e. The Bertz CT molecular complexity index is 391. The van der Waals surface area contributed by atoms with Crippen molar-refractivity contribution in [3.63, 3.8) is 0 Å². The summed E-state index contributed by atoms with van der Waals surface area (Å²) in [6, 6.07) is 3.98. The van der Waals surface area contributed by atoms with E-state index in [0.29, 0.717) is 18.2 Å². The molecule has 15 heavy (non-hydrogen) atoms. The lowest BCUT2D eigenvalue weighted by atomic mass is 10.1. The number of hydrogen-bond acceptors (Lipinski definition) is 3. The first-order valence-corrected chi connectivity index (χ1v) is 4.83. The van der Waals surface area contributed by atoms with Gasteiger partial charge in [0, 0.05) is 24.2 Å². The van der Waals surface area contributed by atoms with Gasteiger partial charge in [0.2, 0.25) is 0 Å². The van der Waals surface area contributed by atoms with Crippen molar-refractivity contribution in [3.05, 3.63) is 39.7 Å². The molecular weight excluding hydrogens is 199 g/mol. The molecule has 1 aliphatic carbocycles. The molecule has 0 spiro atoms. The molecule has 4 nitrogen and oxygen atoms in total. The lowest BCUT2D eigenvalue weighted by Crippen LogP contribution is -2.16. The van der Waals surface area contributed by atoms with Crippen molar-refractivity contribution < 1.29 is 9.31 Å². The van der Waals surface area contributed by atoms with Gasteiger partial charge in [-0.3, -0.25) is 10.1 Å². The third-order valence-electron chi connectivity index (χ3n) is 2.40. The van der Waals surface area contributed by atoms with Crippen molar-refractivity contribution in [1.82, 2.24) is 5.32 Å². The van der Waals surface area contributed by atoms with E-state index in [4.69, 9.17) is 0 Å². The predicted molar refractivity (Wildman–Crippen MR) is 52.9 cm³/mol. The van der Waals surface area contributed by atoms with Crippen LogP contribution in [0.3, 0.4) is 0 Å². The van der Waals surface area contributed by atoms with Crippen molar-refractivity contribution in [2.24, 2.45) is 0 Å². The first-order valence-electron chi connectivity index (χ1n) is 4.83. The molecule has 80 valence electrons. The van der Waals surface area contributed by atoms with Gasteiger partial charge in [0.1, 0.15) is 5.82 Å². The lowest BCUT2D eigenvalue weighted by Gasteiger charge is -2.04. The van der Waals surface area contributed by atoms with Gasteiger partial charge >= 0.3 is 0 Å². The largest absolute Gasteiger partial charge is 0.310 e. The van der Waals surface area contributed by atoms with Crippen LogP contribution >= 0.6 is 0 Å². The number of nitrogens with zero attached hydrogens (tertiary/aromatic N) is 1. The Balaban J connectivity index is 2.16. The normalized spacial score (nSPS) is 15.3. The number of halogens is 1. The Hall–Kier alpha value is -1.49. The highest BCUT2D eigenvalue weighted by molar-refractivity contribution is 5.40. The molecular formula is C10H11FN2O2. The van der Waals surface area contributed by atoms with Crippen LogP contribution in [0.15, 0.2) is 18.2 Å². The smallest absolute Gasteiger partial charge is 0.274 e. The standard InChI is InChI=1S/C10H11FN2O2/c11-8-1-4-10(13(14)15)7(5-8)6-12-9-2-3-9/h1,4-5,9,12H,2-3,6H2. The van der Waals surface area contributed by atoms with Crippen LogP contribution in [-0.4, -0.2) is 11.0 Å². The minimum Gasteiger partial charge on any atom is -0.310 e. The molecule has 1 aromatic carbocycles. The number of benzene rings is 1. The summed E-state index contributed by atoms with van der Waals surface area (Å²) in [5.41, 5.74) is 0.386. The van der Waals surface area contributed by atoms with Crippen molar-refractivity contribution in [2.75, 3.05) is 0 Å². The highest BCUT2D eigenvalue weighted by Crippen LogP contribution is 2.23. The summed E-state index contributed by atoms with van der Waals surface area (Å²) in [7, 11) is 0. The summed E-state index contributed by atoms with van der Waals surface area (Å²) in [6.07, 6.45) is 2.20. The minimum absolute atomic E-state index is 0.0236. The summed E-state index contributed by atoms with van der Waals surface area (Å²) >= 11 is 0. The third kappa shape index (κ3) is 2.50. The molecule has 1 saturated carbocycles. The van der Waals surface area contributed by atoms with E-state index >= 15 is 0 Å². The number of hydrogen-bond donors (Lipinski definition) is 1. The number of nitro benzene ring substituents is 1. The van der Waals surface area contributed by atoms with Gasteiger partial charge in [-0.25, -0.2) is 4.39 Å². The van der Waals surface area contributed by atoms with Crippen molar-refractivity contribution in [1.29, 1.82) is 0 Å². The Kier molecular flexibility index (Phi) is 2.64. The predicted octanol–water partition coefficient (Wildman–Crippen LogP) is 1.99. The third-order valence-corrected chi connectivity index (χ3v) is 2.40. The second-order valence-electron chi connectivity index (χ2n) is 3.69. The molecule has 0 radical (unpaired) electrons. The van der Waals surface area contributed by atoms with Gasteiger partial charge in [-0.15, -0.1) is 0 Å². The molecule has 1 fully saturated rings. The van der Waals surface area contributed by atoms with Crippen molar-refractivity contribution >= 4 is 5.69 Å². The second kappa shape index (κ2) is 3.94. The van der Waals surface area contributed by atoms with E-state index in [1.807, 2.05) is 0 Å². The van der Waals surface area contributed by atoms with E-state index in [0.717, 1.165) is 18.9 Å². The van der Waals surface area contributed by atoms with Crippen LogP contribution in [0.4, 0.5) is 10.1 Å². The summed E-state index contributed by atoms with van der Waals surface area (Å²) in [5, 5.41) is 13.8. The van der Waals surface area contributed by atoms with Crippen LogP contribution in [0, 0.1) is 15.9 Å². The SMILES string of the molecule is O=[N+]([O-])c1ccc(F)cc1CNC1CC1. The molecule has 1 aliphatic rings. The van der Waals surface area contributed by atoms with Gasteiger partial charge in [0.25, 0.3) is 5.69 Å². The monoisotopic (exact) mass is 210 g/mol. The highest BCUT2D eigenvalue weighted by Gasteiger charge is 2.22. The molecule has 1 N–H and O–H groups in total. The first kappa shape index (κ1) is 10.0. The van der Waals surface area contributed by atoms with Crippen LogP contribution in [0.2, 0.25) is 0 Å². The molecule has 0 atom stereocenters. The minimum atomic E-state index is -0.483. The fraction of sp³-hybridized carbons (Fsp3) is 0.400. The molecule has 2 rings (SSSR count). The van der Waals surface area contributed by atoms with E-state index in [-0.39, 0.29) is 5.69 Å². The summed E-state index contributed by atoms with van der Waals surface area (Å²) < 4.78 is 12.9. The van der Waals surface area contributed by atoms with Crippen LogP contribution in [0.25, 0.3) is 0 Å². The average Bonchev–Trinajstić information content (AvgIpc) is 2.97. The van der Waals surface area contributed by atoms with Gasteiger partial charge in [-0.1, -0.05) is 0 Å². The second-order valence-corrected chi connectivity index (χ2v) is 3.69. The van der Waals surface area contributed by atoms with E-state index < -0.39 is 10.7 Å². The molecule has 0 bridgehead atoms. The zero-order chi connectivity index (χ0) is 10.8. The Morgan fingerprint density at radius 1 is 1.53 bits per heavy atom. The molecule has 0 amide bonds. The van der Waals surface area contributed by atoms with Crippen LogP contribution < -0.4 is 5.32 Å². The number of rotatable bonds is 4. The highest BCUT2D eigenvalue weighted by atomic mass is 19.1. The Morgan fingerprint density at radius 2 is 2.27 bits per heavy atom. The van der Waals surface area contributed by atoms with Crippen molar-refractivity contribution in [2.45, 2.75) is 25.4 Å². The molecule has 0 heterocycles. The summed E-state index contributed by atoms with van der Waals surface area (Å²) in [6.45, 7) is 0.360. The van der Waals surface area contributed by atoms with Crippen LogP contribution in [0.1, 0.15) is 18.4 Å². The molecule has 0 unspecified atom stereocenters. The van der Waals surface area contributed by atoms with Crippen molar-refractivity contribution in [3.8, 4) is 0 Å². The van der Waals surface area contributed by atoms with Crippen LogP contribution in [-0.2, 0) is 6.54 Å².